The highest BCUT2D eigenvalue weighted by Crippen LogP contribution is 2.23. The van der Waals surface area contributed by atoms with Gasteiger partial charge in [0.1, 0.15) is 24.4 Å². The van der Waals surface area contributed by atoms with Crippen molar-refractivity contribution in [2.45, 2.75) is 346 Å². The van der Waals surface area contributed by atoms with Crippen LogP contribution in [-0.2, 0) is 14.3 Å². The van der Waals surface area contributed by atoms with E-state index in [9.17, 15) is 30.3 Å². The molecule has 0 bridgehead atoms. The summed E-state index contributed by atoms with van der Waals surface area (Å²) in [6, 6.07) is -0.831. The standard InChI is InChI=1S/C67H123NO8/c1-3-5-7-9-11-13-15-17-19-21-23-25-27-28-29-30-31-32-33-34-35-37-39-41-43-45-47-49-51-53-55-57-63(71)68-60(59-75-67-66(74)65(73)64(72)62(58-69)76-67)61(70)56-54-52-50-48-46-44-42-40-38-36-26-24-22-20-18-16-14-12-10-8-6-4-2/h23,25,28-29,38,40,46,48,54,56,60-62,64-67,69-70,72-74H,3-22,24,26-27,30-37,39,41-45,47,49-53,55,57-59H2,1-2H3,(H,68,71)/b25-23-,29-28-,40-38+,48-46+,56-54+. The minimum Gasteiger partial charge on any atom is -0.394 e. The second-order valence-corrected chi connectivity index (χ2v) is 22.5. The second-order valence-electron chi connectivity index (χ2n) is 22.5. The van der Waals surface area contributed by atoms with Crippen molar-refractivity contribution in [2.24, 2.45) is 0 Å². The van der Waals surface area contributed by atoms with Crippen LogP contribution in [0.3, 0.4) is 0 Å². The summed E-state index contributed by atoms with van der Waals surface area (Å²) in [5.41, 5.74) is 0. The topological polar surface area (TPSA) is 149 Å². The van der Waals surface area contributed by atoms with Gasteiger partial charge in [-0.05, 0) is 77.0 Å². The van der Waals surface area contributed by atoms with Crippen LogP contribution in [0.25, 0.3) is 0 Å². The molecule has 0 aromatic heterocycles. The van der Waals surface area contributed by atoms with Gasteiger partial charge in [0.05, 0.1) is 25.4 Å². The first-order chi connectivity index (χ1) is 37.3. The predicted octanol–water partition coefficient (Wildman–Crippen LogP) is 17.0. The number of allylic oxidation sites excluding steroid dienone is 9. The average Bonchev–Trinajstić information content (AvgIpc) is 3.42. The van der Waals surface area contributed by atoms with Crippen LogP contribution in [0.2, 0.25) is 0 Å². The summed E-state index contributed by atoms with van der Waals surface area (Å²) in [7, 11) is 0. The van der Waals surface area contributed by atoms with E-state index >= 15 is 0 Å². The van der Waals surface area contributed by atoms with Gasteiger partial charge in [-0.25, -0.2) is 0 Å². The molecule has 9 nitrogen and oxygen atoms in total. The van der Waals surface area contributed by atoms with Gasteiger partial charge in [0.25, 0.3) is 0 Å². The van der Waals surface area contributed by atoms with Crippen molar-refractivity contribution < 1.29 is 39.8 Å². The zero-order valence-electron chi connectivity index (χ0n) is 49.5. The Balaban J connectivity index is 2.18. The molecule has 1 amide bonds. The molecule has 7 unspecified atom stereocenters. The lowest BCUT2D eigenvalue weighted by Crippen LogP contribution is -2.60. The molecule has 6 N–H and O–H groups in total. The van der Waals surface area contributed by atoms with Gasteiger partial charge in [0.15, 0.2) is 6.29 Å². The number of aliphatic hydroxyl groups is 5. The molecule has 0 aromatic rings. The summed E-state index contributed by atoms with van der Waals surface area (Å²) in [6.07, 6.45) is 70.3. The number of rotatable bonds is 56. The summed E-state index contributed by atoms with van der Waals surface area (Å²) >= 11 is 0. The fraction of sp³-hybridized carbons (Fsp3) is 0.836. The van der Waals surface area contributed by atoms with Crippen molar-refractivity contribution in [2.75, 3.05) is 13.2 Å². The van der Waals surface area contributed by atoms with E-state index < -0.39 is 49.5 Å². The molecule has 1 fully saturated rings. The van der Waals surface area contributed by atoms with Crippen LogP contribution in [-0.4, -0.2) is 87.5 Å². The van der Waals surface area contributed by atoms with Crippen LogP contribution < -0.4 is 5.32 Å². The molecule has 0 radical (unpaired) electrons. The Kier molecular flexibility index (Phi) is 53.1. The third-order valence-corrected chi connectivity index (χ3v) is 15.3. The number of carbonyl (C=O) groups is 1. The lowest BCUT2D eigenvalue weighted by atomic mass is 9.99. The normalized spacial score (nSPS) is 19.2. The van der Waals surface area contributed by atoms with E-state index in [1.165, 1.54) is 231 Å². The van der Waals surface area contributed by atoms with E-state index in [1.807, 2.05) is 6.08 Å². The zero-order chi connectivity index (χ0) is 55.0. The summed E-state index contributed by atoms with van der Waals surface area (Å²) in [5.74, 6) is -0.189. The Morgan fingerprint density at radius 1 is 0.447 bits per heavy atom. The van der Waals surface area contributed by atoms with E-state index in [0.29, 0.717) is 6.42 Å². The molecule has 0 aromatic carbocycles. The molecular weight excluding hydrogens is 947 g/mol. The zero-order valence-corrected chi connectivity index (χ0v) is 49.5. The Hall–Kier alpha value is -2.11. The summed E-state index contributed by atoms with van der Waals surface area (Å²) in [6.45, 7) is 3.79. The molecule has 444 valence electrons. The van der Waals surface area contributed by atoms with Crippen LogP contribution in [0.1, 0.15) is 303 Å². The summed E-state index contributed by atoms with van der Waals surface area (Å²) < 4.78 is 11.3. The Morgan fingerprint density at radius 3 is 1.18 bits per heavy atom. The highest BCUT2D eigenvalue weighted by Gasteiger charge is 2.44. The Morgan fingerprint density at radius 2 is 0.789 bits per heavy atom. The number of carbonyl (C=O) groups excluding carboxylic acids is 1. The van der Waals surface area contributed by atoms with Gasteiger partial charge in [0, 0.05) is 6.42 Å². The van der Waals surface area contributed by atoms with Crippen LogP contribution in [0.5, 0.6) is 0 Å². The molecule has 76 heavy (non-hydrogen) atoms. The maximum Gasteiger partial charge on any atom is 0.220 e. The molecule has 0 spiro atoms. The van der Waals surface area contributed by atoms with Gasteiger partial charge in [-0.2, -0.15) is 0 Å². The van der Waals surface area contributed by atoms with Gasteiger partial charge in [0.2, 0.25) is 5.91 Å². The third kappa shape index (κ3) is 44.7. The van der Waals surface area contributed by atoms with Crippen molar-refractivity contribution >= 4 is 5.91 Å². The molecule has 1 rings (SSSR count). The second kappa shape index (κ2) is 56.2. The highest BCUT2D eigenvalue weighted by atomic mass is 16.7. The summed E-state index contributed by atoms with van der Waals surface area (Å²) in [4.78, 5) is 13.1. The molecule has 0 saturated carbocycles. The molecule has 7 atom stereocenters. The minimum absolute atomic E-state index is 0.189. The molecule has 1 saturated heterocycles. The fourth-order valence-electron chi connectivity index (χ4n) is 10.2. The lowest BCUT2D eigenvalue weighted by molar-refractivity contribution is -0.302. The number of unbranched alkanes of at least 4 members (excludes halogenated alkanes) is 38. The van der Waals surface area contributed by atoms with E-state index in [4.69, 9.17) is 9.47 Å². The fourth-order valence-corrected chi connectivity index (χ4v) is 10.2. The number of hydrogen-bond acceptors (Lipinski definition) is 8. The van der Waals surface area contributed by atoms with Gasteiger partial charge in [-0.15, -0.1) is 0 Å². The SMILES string of the molecule is CCCCCCCCCCC/C=C\C/C=C\CCCCCCCCCCCCCCCCCC(=O)NC(COC1OC(CO)C(O)C(O)C1O)C(O)/C=C/CC/C=C/CC/C=C/CCCCCCCCCCCCCC. The Labute approximate surface area is 468 Å². The van der Waals surface area contributed by atoms with Gasteiger partial charge in [-0.3, -0.25) is 4.79 Å². The van der Waals surface area contributed by atoms with Gasteiger partial charge < -0.3 is 40.3 Å². The third-order valence-electron chi connectivity index (χ3n) is 15.3. The average molecular weight is 1070 g/mol. The van der Waals surface area contributed by atoms with E-state index in [2.05, 4.69) is 67.8 Å². The van der Waals surface area contributed by atoms with Crippen LogP contribution in [0.4, 0.5) is 0 Å². The predicted molar refractivity (Wildman–Crippen MR) is 322 cm³/mol. The maximum absolute atomic E-state index is 13.1. The van der Waals surface area contributed by atoms with Crippen molar-refractivity contribution in [3.63, 3.8) is 0 Å². The number of hydrogen-bond donors (Lipinski definition) is 6. The molecule has 1 heterocycles. The molecular formula is C67H123NO8. The lowest BCUT2D eigenvalue weighted by Gasteiger charge is -2.40. The first-order valence-electron chi connectivity index (χ1n) is 32.5. The number of ether oxygens (including phenoxy) is 2. The molecule has 0 aliphatic carbocycles. The quantitative estimate of drug-likeness (QED) is 0.0261. The highest BCUT2D eigenvalue weighted by molar-refractivity contribution is 5.76. The Bertz CT molecular complexity index is 1380. The van der Waals surface area contributed by atoms with Crippen molar-refractivity contribution in [3.8, 4) is 0 Å². The number of nitrogens with one attached hydrogen (secondary N) is 1. The van der Waals surface area contributed by atoms with Crippen molar-refractivity contribution in [1.29, 1.82) is 0 Å². The van der Waals surface area contributed by atoms with Crippen molar-refractivity contribution in [1.82, 2.24) is 5.32 Å². The van der Waals surface area contributed by atoms with E-state index in [0.717, 1.165) is 51.4 Å². The smallest absolute Gasteiger partial charge is 0.220 e. The van der Waals surface area contributed by atoms with E-state index in [1.54, 1.807) is 6.08 Å². The first-order valence-corrected chi connectivity index (χ1v) is 32.5. The summed E-state index contributed by atoms with van der Waals surface area (Å²) in [5, 5.41) is 54.6. The monoisotopic (exact) mass is 1070 g/mol. The van der Waals surface area contributed by atoms with Crippen LogP contribution >= 0.6 is 0 Å². The van der Waals surface area contributed by atoms with E-state index in [-0.39, 0.29) is 12.5 Å². The number of amides is 1. The van der Waals surface area contributed by atoms with Crippen LogP contribution in [0.15, 0.2) is 60.8 Å². The van der Waals surface area contributed by atoms with Crippen molar-refractivity contribution in [3.05, 3.63) is 60.8 Å². The maximum atomic E-state index is 13.1. The number of aliphatic hydroxyl groups excluding tert-OH is 5. The minimum atomic E-state index is -1.58. The molecule has 1 aliphatic heterocycles. The molecule has 9 heteroatoms. The van der Waals surface area contributed by atoms with Gasteiger partial charge >= 0.3 is 0 Å². The largest absolute Gasteiger partial charge is 0.394 e. The van der Waals surface area contributed by atoms with Gasteiger partial charge in [-0.1, -0.05) is 280 Å². The molecule has 1 aliphatic rings. The first kappa shape index (κ1) is 71.9. The van der Waals surface area contributed by atoms with Crippen LogP contribution in [0, 0.1) is 0 Å².